The van der Waals surface area contributed by atoms with Crippen LogP contribution in [-0.4, -0.2) is 57.3 Å². The second kappa shape index (κ2) is 11.0. The fourth-order valence-electron chi connectivity index (χ4n) is 4.22. The van der Waals surface area contributed by atoms with E-state index in [4.69, 9.17) is 0 Å². The second-order valence-corrected chi connectivity index (χ2v) is 10.1. The smallest absolute Gasteiger partial charge is 0.255 e. The molecule has 2 aromatic rings. The van der Waals surface area contributed by atoms with Gasteiger partial charge < -0.3 is 4.90 Å². The van der Waals surface area contributed by atoms with Crippen molar-refractivity contribution in [3.05, 3.63) is 35.3 Å². The Kier molecular flexibility index (Phi) is 8.37. The van der Waals surface area contributed by atoms with Gasteiger partial charge in [0.15, 0.2) is 0 Å². The molecule has 0 bridgehead atoms. The quantitative estimate of drug-likeness (QED) is 0.546. The van der Waals surface area contributed by atoms with E-state index < -0.39 is 0 Å². The Labute approximate surface area is 194 Å². The predicted molar refractivity (Wildman–Crippen MR) is 132 cm³/mol. The van der Waals surface area contributed by atoms with Gasteiger partial charge in [-0.1, -0.05) is 33.6 Å². The number of nitrogens with zero attached hydrogens (tertiary/aromatic N) is 4. The number of aryl methyl sites for hydroxylation is 1. The maximum Gasteiger partial charge on any atom is 0.255 e. The summed E-state index contributed by atoms with van der Waals surface area (Å²) in [6.45, 7) is 16.6. The van der Waals surface area contributed by atoms with Gasteiger partial charge in [0.25, 0.3) is 5.91 Å². The van der Waals surface area contributed by atoms with E-state index in [1.165, 1.54) is 12.8 Å². The van der Waals surface area contributed by atoms with Crippen molar-refractivity contribution in [2.75, 3.05) is 26.2 Å². The summed E-state index contributed by atoms with van der Waals surface area (Å²) in [4.78, 5) is 22.5. The summed E-state index contributed by atoms with van der Waals surface area (Å²) in [6.07, 6.45) is 6.47. The van der Waals surface area contributed by atoms with Crippen LogP contribution in [0.2, 0.25) is 0 Å². The summed E-state index contributed by atoms with van der Waals surface area (Å²) in [5, 5.41) is 0. The molecule has 0 N–H and O–H groups in total. The zero-order valence-electron chi connectivity index (χ0n) is 20.8. The van der Waals surface area contributed by atoms with Crippen LogP contribution in [-0.2, 0) is 0 Å². The molecular formula is C27H40N4O. The molecule has 5 heteroatoms. The van der Waals surface area contributed by atoms with Gasteiger partial charge >= 0.3 is 0 Å². The molecule has 174 valence electrons. The summed E-state index contributed by atoms with van der Waals surface area (Å²) >= 11 is 0. The first kappa shape index (κ1) is 24.3. The summed E-state index contributed by atoms with van der Waals surface area (Å²) in [6, 6.07) is 4.46. The highest BCUT2D eigenvalue weighted by molar-refractivity contribution is 5.94. The third kappa shape index (κ3) is 6.13. The summed E-state index contributed by atoms with van der Waals surface area (Å²) in [5.74, 6) is 7.94. The molecule has 1 atom stereocenters. The van der Waals surface area contributed by atoms with Crippen molar-refractivity contribution in [1.82, 2.24) is 19.2 Å². The number of amides is 1. The number of hydrogen-bond acceptors (Lipinski definition) is 3. The lowest BCUT2D eigenvalue weighted by molar-refractivity contribution is 0.0740. The average molecular weight is 437 g/mol. The van der Waals surface area contributed by atoms with E-state index in [1.54, 1.807) is 0 Å². The maximum atomic E-state index is 13.4. The lowest BCUT2D eigenvalue weighted by Gasteiger charge is -2.24. The highest BCUT2D eigenvalue weighted by Gasteiger charge is 2.20. The van der Waals surface area contributed by atoms with Gasteiger partial charge in [0.1, 0.15) is 11.3 Å². The number of aromatic nitrogens is 2. The number of pyridine rings is 1. The topological polar surface area (TPSA) is 40.9 Å². The first-order valence-corrected chi connectivity index (χ1v) is 12.3. The van der Waals surface area contributed by atoms with Crippen LogP contribution in [0.1, 0.15) is 82.0 Å². The van der Waals surface area contributed by atoms with Crippen LogP contribution in [0.3, 0.4) is 0 Å². The van der Waals surface area contributed by atoms with E-state index in [-0.39, 0.29) is 5.91 Å². The normalized spacial score (nSPS) is 16.7. The third-order valence-corrected chi connectivity index (χ3v) is 6.46. The molecule has 0 aliphatic carbocycles. The summed E-state index contributed by atoms with van der Waals surface area (Å²) < 4.78 is 1.99. The Bertz CT molecular complexity index is 967. The molecule has 0 aromatic carbocycles. The number of hydrogen-bond donors (Lipinski definition) is 0. The Morgan fingerprint density at radius 1 is 1.19 bits per heavy atom. The molecule has 3 rings (SSSR count). The van der Waals surface area contributed by atoms with Crippen LogP contribution in [0.25, 0.3) is 5.65 Å². The molecular weight excluding hydrogens is 396 g/mol. The van der Waals surface area contributed by atoms with Crippen LogP contribution in [0.5, 0.6) is 0 Å². The molecule has 1 amide bonds. The first-order valence-electron chi connectivity index (χ1n) is 12.3. The lowest BCUT2D eigenvalue weighted by Crippen LogP contribution is -2.34. The molecule has 0 saturated carbocycles. The van der Waals surface area contributed by atoms with Gasteiger partial charge in [0.2, 0.25) is 0 Å². The minimum atomic E-state index is 0.101. The number of rotatable bonds is 8. The summed E-state index contributed by atoms with van der Waals surface area (Å²) in [5.41, 5.74) is 3.35. The molecule has 5 nitrogen and oxygen atoms in total. The standard InChI is InChI=1S/C27H40N4O/c1-20(2)13-17-30(18-14-21(3)4)27(32)24-11-12-26-28-23(6)25(31(26)19-24)10-8-16-29-15-7-9-22(29)5/h11-12,19-22H,7,9,13-18H2,1-6H3. The fraction of sp³-hybridized carbons (Fsp3) is 0.630. The van der Waals surface area contributed by atoms with Crippen molar-refractivity contribution in [2.45, 2.75) is 73.3 Å². The zero-order chi connectivity index (χ0) is 23.3. The molecule has 2 aromatic heterocycles. The van der Waals surface area contributed by atoms with Crippen molar-refractivity contribution >= 4 is 11.6 Å². The number of carbonyl (C=O) groups excluding carboxylic acids is 1. The van der Waals surface area contributed by atoms with E-state index in [0.29, 0.717) is 23.4 Å². The molecule has 1 aliphatic rings. The van der Waals surface area contributed by atoms with Crippen molar-refractivity contribution in [3.63, 3.8) is 0 Å². The Balaban J connectivity index is 1.83. The van der Waals surface area contributed by atoms with Gasteiger partial charge in [-0.3, -0.25) is 14.1 Å². The minimum Gasteiger partial charge on any atom is -0.339 e. The molecule has 1 saturated heterocycles. The maximum absolute atomic E-state index is 13.4. The van der Waals surface area contributed by atoms with Crippen molar-refractivity contribution in [3.8, 4) is 11.8 Å². The summed E-state index contributed by atoms with van der Waals surface area (Å²) in [7, 11) is 0. The Hall–Kier alpha value is -2.32. The predicted octanol–water partition coefficient (Wildman–Crippen LogP) is 5.01. The van der Waals surface area contributed by atoms with Crippen molar-refractivity contribution in [2.24, 2.45) is 11.8 Å². The highest BCUT2D eigenvalue weighted by Crippen LogP contribution is 2.17. The van der Waals surface area contributed by atoms with Crippen LogP contribution < -0.4 is 0 Å². The van der Waals surface area contributed by atoms with Gasteiger partial charge in [0, 0.05) is 25.3 Å². The van der Waals surface area contributed by atoms with Gasteiger partial charge in [-0.2, -0.15) is 0 Å². The van der Waals surface area contributed by atoms with Crippen molar-refractivity contribution in [1.29, 1.82) is 0 Å². The monoisotopic (exact) mass is 436 g/mol. The van der Waals surface area contributed by atoms with Gasteiger partial charge in [0.05, 0.1) is 17.8 Å². The minimum absolute atomic E-state index is 0.101. The largest absolute Gasteiger partial charge is 0.339 e. The SMILES string of the molecule is Cc1nc2ccc(C(=O)N(CCC(C)C)CCC(C)C)cn2c1C#CCN1CCCC1C. The number of carbonyl (C=O) groups is 1. The van der Waals surface area contributed by atoms with Crippen LogP contribution in [0, 0.1) is 30.6 Å². The van der Waals surface area contributed by atoms with Crippen molar-refractivity contribution < 1.29 is 4.79 Å². The molecule has 0 radical (unpaired) electrons. The molecule has 3 heterocycles. The third-order valence-electron chi connectivity index (χ3n) is 6.46. The first-order chi connectivity index (χ1) is 15.3. The molecule has 0 spiro atoms. The molecule has 1 unspecified atom stereocenters. The van der Waals surface area contributed by atoms with Gasteiger partial charge in [-0.05, 0) is 76.0 Å². The number of likely N-dealkylation sites (tertiary alicyclic amines) is 1. The van der Waals surface area contributed by atoms with Crippen LogP contribution >= 0.6 is 0 Å². The highest BCUT2D eigenvalue weighted by atomic mass is 16.2. The Morgan fingerprint density at radius 3 is 2.47 bits per heavy atom. The molecule has 32 heavy (non-hydrogen) atoms. The van der Waals surface area contributed by atoms with Crippen LogP contribution in [0.15, 0.2) is 18.3 Å². The number of fused-ring (bicyclic) bond motifs is 1. The number of imidazole rings is 1. The van der Waals surface area contributed by atoms with Gasteiger partial charge in [-0.25, -0.2) is 4.98 Å². The van der Waals surface area contributed by atoms with E-state index in [1.807, 2.05) is 34.6 Å². The van der Waals surface area contributed by atoms with Crippen LogP contribution in [0.4, 0.5) is 0 Å². The average Bonchev–Trinajstić information content (AvgIpc) is 3.29. The second-order valence-electron chi connectivity index (χ2n) is 10.1. The van der Waals surface area contributed by atoms with E-state index in [0.717, 1.165) is 56.1 Å². The fourth-order valence-corrected chi connectivity index (χ4v) is 4.22. The Morgan fingerprint density at radius 2 is 1.88 bits per heavy atom. The van der Waals surface area contributed by atoms with E-state index in [2.05, 4.69) is 56.3 Å². The molecule has 1 fully saturated rings. The van der Waals surface area contributed by atoms with Gasteiger partial charge in [-0.15, -0.1) is 0 Å². The van der Waals surface area contributed by atoms with E-state index >= 15 is 0 Å². The lowest BCUT2D eigenvalue weighted by atomic mass is 10.1. The molecule has 1 aliphatic heterocycles. The van der Waals surface area contributed by atoms with E-state index in [9.17, 15) is 4.79 Å². The zero-order valence-corrected chi connectivity index (χ0v) is 20.8.